The van der Waals surface area contributed by atoms with Crippen LogP contribution in [-0.4, -0.2) is 179 Å². The number of likely N-dealkylation sites (tertiary alicyclic amines) is 1. The van der Waals surface area contributed by atoms with Gasteiger partial charge in [0.05, 0.1) is 83.3 Å². The molecule has 0 spiro atoms. The van der Waals surface area contributed by atoms with Gasteiger partial charge in [0.1, 0.15) is 18.9 Å². The van der Waals surface area contributed by atoms with E-state index >= 15 is 0 Å². The number of carbonyl (C=O) groups is 4. The van der Waals surface area contributed by atoms with Crippen LogP contribution in [0.1, 0.15) is 64.5 Å². The third-order valence-corrected chi connectivity index (χ3v) is 9.12. The largest absolute Gasteiger partial charge is 0.400 e. The minimum atomic E-state index is -0.399. The summed E-state index contributed by atoms with van der Waals surface area (Å²) in [7, 11) is 6.25. The van der Waals surface area contributed by atoms with Crippen molar-refractivity contribution in [2.45, 2.75) is 66.5 Å². The van der Waals surface area contributed by atoms with Crippen molar-refractivity contribution in [1.82, 2.24) is 31.1 Å². The lowest BCUT2D eigenvalue weighted by Gasteiger charge is -2.27. The van der Waals surface area contributed by atoms with Crippen molar-refractivity contribution in [3.8, 4) is 11.1 Å². The number of carbonyl (C=O) groups excluding carboxylic acids is 4. The maximum atomic E-state index is 14.2. The maximum absolute atomic E-state index is 14.2. The van der Waals surface area contributed by atoms with Gasteiger partial charge < -0.3 is 59.8 Å². The molecule has 0 aliphatic carbocycles. The molecule has 2 aromatic rings. The number of rotatable bonds is 32. The van der Waals surface area contributed by atoms with E-state index in [0.29, 0.717) is 84.7 Å². The number of hydrogen-bond acceptors (Lipinski definition) is 20. The number of aliphatic hydroxyl groups is 1. The number of piperidine rings is 1. The minimum Gasteiger partial charge on any atom is -0.400 e. The lowest BCUT2D eigenvalue weighted by atomic mass is 9.98. The molecule has 22 heteroatoms. The molecule has 0 radical (unpaired) electrons. The van der Waals surface area contributed by atoms with Crippen molar-refractivity contribution in [2.75, 3.05) is 134 Å². The fraction of sp³-hybridized carbons (Fsp3) is 0.625. The van der Waals surface area contributed by atoms with Crippen LogP contribution in [0, 0.1) is 5.82 Å². The van der Waals surface area contributed by atoms with Gasteiger partial charge in [-0.2, -0.15) is 0 Å². The third-order valence-electron chi connectivity index (χ3n) is 8.81. The first-order chi connectivity index (χ1) is 33.7. The van der Waals surface area contributed by atoms with Gasteiger partial charge in [-0.3, -0.25) is 36.6 Å². The second-order valence-corrected chi connectivity index (χ2v) is 14.3. The molecule has 1 aliphatic heterocycles. The van der Waals surface area contributed by atoms with E-state index < -0.39 is 5.82 Å². The average molecular weight is 1020 g/mol. The molecular formula is C48H92ClFN10O10. The Morgan fingerprint density at radius 1 is 0.800 bits per heavy atom. The molecule has 0 unspecified atom stereocenters. The zero-order chi connectivity index (χ0) is 52.8. The van der Waals surface area contributed by atoms with Crippen LogP contribution in [-0.2, 0) is 56.0 Å². The summed E-state index contributed by atoms with van der Waals surface area (Å²) < 4.78 is 41.7. The standard InChI is InChI=1S/C39H63ClFN7O6.C2H2O2.C2H6.CH6N2.CH5N.CH4O.CH2O.CH4/c1-46(15-19-51-23-24-53-25-26-54-32-37(42)31-48(43)16-20-52-22-21-50-18-6-17-49)12-5-11-44-45-29-35-8-7-33(34-9-10-38(40)39(41)28-34)27-36(35)30-47-13-3-2-4-14-47;3-1-2-4;1-2;1-3-2;3*1-2;/h7-10,17,27-28,31,44-45H,2-6,11-16,18-26,29-30,32,42-43H2,1H3;1-2H;1-2H3;3H,2H2,1H3;2H2,1H3;2H,1H3;1H2;1H4/b37-31-;;;;;;;. The smallest absolute Gasteiger partial charge is 0.182 e. The average Bonchev–Trinajstić information content (AvgIpc) is 3.38. The number of halogens is 2. The number of aliphatic hydroxyl groups excluding tert-OH is 1. The van der Waals surface area contributed by atoms with E-state index in [1.807, 2.05) is 26.7 Å². The van der Waals surface area contributed by atoms with Crippen LogP contribution in [0.25, 0.3) is 11.1 Å². The third kappa shape index (κ3) is 45.3. The molecule has 0 aromatic heterocycles. The van der Waals surface area contributed by atoms with Crippen LogP contribution in [0.15, 0.2) is 48.3 Å². The molecule has 0 amide bonds. The van der Waals surface area contributed by atoms with Crippen molar-refractivity contribution in [2.24, 2.45) is 23.2 Å². The summed E-state index contributed by atoms with van der Waals surface area (Å²) in [6, 6.07) is 11.4. The highest BCUT2D eigenvalue weighted by molar-refractivity contribution is 6.30. The van der Waals surface area contributed by atoms with Gasteiger partial charge in [0, 0.05) is 45.9 Å². The van der Waals surface area contributed by atoms with E-state index in [1.54, 1.807) is 19.3 Å². The topological polar surface area (TPSA) is 285 Å². The predicted molar refractivity (Wildman–Crippen MR) is 280 cm³/mol. The van der Waals surface area contributed by atoms with Crippen molar-refractivity contribution >= 4 is 37.2 Å². The van der Waals surface area contributed by atoms with Gasteiger partial charge in [-0.25, -0.2) is 10.2 Å². The number of aldehydes is 3. The van der Waals surface area contributed by atoms with E-state index in [0.717, 1.165) is 70.2 Å². The number of ether oxygens (including phenoxy) is 5. The molecule has 408 valence electrons. The van der Waals surface area contributed by atoms with E-state index in [4.69, 9.17) is 66.4 Å². The Hall–Kier alpha value is -3.88. The Morgan fingerprint density at radius 2 is 1.31 bits per heavy atom. The van der Waals surface area contributed by atoms with Crippen LogP contribution < -0.4 is 39.4 Å². The molecule has 0 bridgehead atoms. The van der Waals surface area contributed by atoms with E-state index in [2.05, 4.69) is 62.9 Å². The van der Waals surface area contributed by atoms with Crippen molar-refractivity contribution in [1.29, 1.82) is 0 Å². The molecule has 12 N–H and O–H groups in total. The van der Waals surface area contributed by atoms with Crippen molar-refractivity contribution < 1.29 is 52.4 Å². The summed E-state index contributed by atoms with van der Waals surface area (Å²) in [4.78, 5) is 40.6. The molecule has 3 rings (SSSR count). The van der Waals surface area contributed by atoms with Gasteiger partial charge >= 0.3 is 0 Å². The fourth-order valence-corrected chi connectivity index (χ4v) is 5.86. The van der Waals surface area contributed by atoms with Gasteiger partial charge in [0.2, 0.25) is 0 Å². The van der Waals surface area contributed by atoms with Crippen LogP contribution in [0.2, 0.25) is 5.02 Å². The number of benzene rings is 2. The summed E-state index contributed by atoms with van der Waals surface area (Å²) in [5, 5.41) is 8.59. The first kappa shape index (κ1) is 75.1. The molecule has 2 aromatic carbocycles. The number of hydrazine groups is 3. The first-order valence-electron chi connectivity index (χ1n) is 23.0. The highest BCUT2D eigenvalue weighted by atomic mass is 35.5. The van der Waals surface area contributed by atoms with Crippen LogP contribution >= 0.6 is 11.6 Å². The number of likely N-dealkylation sites (N-methyl/N-ethyl adjacent to an activating group) is 1. The molecule has 1 saturated heterocycles. The van der Waals surface area contributed by atoms with Crippen molar-refractivity contribution in [3.05, 3.63) is 70.3 Å². The number of nitrogens with zero attached hydrogens (tertiary/aromatic N) is 3. The molecule has 1 aliphatic rings. The van der Waals surface area contributed by atoms with Crippen molar-refractivity contribution in [3.63, 3.8) is 0 Å². The number of nitrogens with two attached hydrogens (primary N) is 4. The monoisotopic (exact) mass is 1020 g/mol. The molecule has 20 nitrogen and oxygen atoms in total. The van der Waals surface area contributed by atoms with Gasteiger partial charge in [0.25, 0.3) is 0 Å². The Bertz CT molecular complexity index is 1490. The minimum absolute atomic E-state index is 0. The molecular weight excluding hydrogens is 931 g/mol. The highest BCUT2D eigenvalue weighted by Gasteiger charge is 2.14. The van der Waals surface area contributed by atoms with E-state index in [-0.39, 0.29) is 31.6 Å². The second kappa shape index (κ2) is 59.4. The lowest BCUT2D eigenvalue weighted by molar-refractivity contribution is -0.122. The van der Waals surface area contributed by atoms with Crippen LogP contribution in [0.5, 0.6) is 0 Å². The Kier molecular flexibility index (Phi) is 63.7. The second-order valence-electron chi connectivity index (χ2n) is 13.8. The Balaban J connectivity index is -0.000000787. The SMILES string of the molecule is C.C=O.CC.CN.CN(CCCNNCc1ccc(-c2ccc(Cl)c(F)c2)cc1CN1CCCCC1)CCOCCOCCOC/C(N)=C/N(N)CCOCCOCCC=O.CNN.CO.O=CC=O. The predicted octanol–water partition coefficient (Wildman–Crippen LogP) is 2.82. The Labute approximate surface area is 424 Å². The zero-order valence-electron chi connectivity index (χ0n) is 42.3. The Morgan fingerprint density at radius 3 is 1.87 bits per heavy atom. The molecule has 0 atom stereocenters. The molecule has 1 fully saturated rings. The van der Waals surface area contributed by atoms with Gasteiger partial charge in [-0.1, -0.05) is 57.5 Å². The summed E-state index contributed by atoms with van der Waals surface area (Å²) in [5.41, 5.74) is 24.3. The van der Waals surface area contributed by atoms with E-state index in [1.165, 1.54) is 48.5 Å². The molecule has 70 heavy (non-hydrogen) atoms. The maximum Gasteiger partial charge on any atom is 0.182 e. The quantitative estimate of drug-likeness (QED) is 0.0172. The summed E-state index contributed by atoms with van der Waals surface area (Å²) in [6.07, 6.45) is 7.97. The number of nitrogens with one attached hydrogen (secondary N) is 3. The van der Waals surface area contributed by atoms with Gasteiger partial charge in [-0.15, -0.1) is 0 Å². The summed E-state index contributed by atoms with van der Waals surface area (Å²) >= 11 is 5.93. The lowest BCUT2D eigenvalue weighted by Crippen LogP contribution is -2.35. The first-order valence-corrected chi connectivity index (χ1v) is 23.4. The molecule has 1 heterocycles. The van der Waals surface area contributed by atoms with Gasteiger partial charge in [0.15, 0.2) is 12.6 Å². The van der Waals surface area contributed by atoms with Crippen LogP contribution in [0.3, 0.4) is 0 Å². The molecule has 0 saturated carbocycles. The summed E-state index contributed by atoms with van der Waals surface area (Å²) in [6.45, 7) is 17.4. The number of hydrogen-bond donors (Lipinski definition) is 8. The highest BCUT2D eigenvalue weighted by Crippen LogP contribution is 2.27. The van der Waals surface area contributed by atoms with E-state index in [9.17, 15) is 9.18 Å². The zero-order valence-corrected chi connectivity index (χ0v) is 43.0. The summed E-state index contributed by atoms with van der Waals surface area (Å²) in [5.74, 6) is 10.1. The fourth-order valence-electron chi connectivity index (χ4n) is 5.74. The van der Waals surface area contributed by atoms with Crippen LogP contribution in [0.4, 0.5) is 4.39 Å². The normalized spacial score (nSPS) is 11.6. The van der Waals surface area contributed by atoms with Gasteiger partial charge in [-0.05, 0) is 100 Å².